The molecule has 0 unspecified atom stereocenters. The van der Waals surface area contributed by atoms with E-state index in [9.17, 15) is 0 Å². The molecule has 3 heteroatoms. The zero-order valence-electron chi connectivity index (χ0n) is 8.85. The average molecular weight is 201 g/mol. The Morgan fingerprint density at radius 2 is 2.00 bits per heavy atom. The molecule has 0 aliphatic carbocycles. The minimum Gasteiger partial charge on any atom is -0.399 e. The average Bonchev–Trinajstić information content (AvgIpc) is 2.64. The quantitative estimate of drug-likeness (QED) is 0.772. The van der Waals surface area contributed by atoms with E-state index in [1.165, 1.54) is 11.1 Å². The van der Waals surface area contributed by atoms with Gasteiger partial charge in [0.1, 0.15) is 0 Å². The molecule has 1 heterocycles. The van der Waals surface area contributed by atoms with Gasteiger partial charge in [0.2, 0.25) is 0 Å². The van der Waals surface area contributed by atoms with Crippen LogP contribution in [-0.2, 0) is 13.0 Å². The van der Waals surface area contributed by atoms with Crippen LogP contribution in [0.5, 0.6) is 0 Å². The molecule has 0 aliphatic heterocycles. The first kappa shape index (κ1) is 9.77. The van der Waals surface area contributed by atoms with Crippen molar-refractivity contribution in [1.82, 2.24) is 9.78 Å². The molecule has 0 saturated carbocycles. The summed E-state index contributed by atoms with van der Waals surface area (Å²) in [6, 6.07) is 7.99. The summed E-state index contributed by atoms with van der Waals surface area (Å²) in [5, 5.41) is 4.24. The van der Waals surface area contributed by atoms with Crippen LogP contribution < -0.4 is 5.73 Å². The van der Waals surface area contributed by atoms with Gasteiger partial charge in [-0.3, -0.25) is 4.68 Å². The first-order chi connectivity index (χ1) is 7.24. The van der Waals surface area contributed by atoms with Crippen molar-refractivity contribution in [1.29, 1.82) is 0 Å². The van der Waals surface area contributed by atoms with Crippen LogP contribution in [0.2, 0.25) is 0 Å². The first-order valence-electron chi connectivity index (χ1n) is 5.07. The molecule has 2 aromatic rings. The number of aromatic nitrogens is 2. The number of benzene rings is 1. The number of nitrogens with zero attached hydrogens (tertiary/aromatic N) is 2. The summed E-state index contributed by atoms with van der Waals surface area (Å²) in [7, 11) is 0. The Bertz CT molecular complexity index is 428. The fraction of sp³-hybridized carbons (Fsp3) is 0.250. The smallest absolute Gasteiger partial charge is 0.0518 e. The Balaban J connectivity index is 1.96. The van der Waals surface area contributed by atoms with Gasteiger partial charge in [-0.25, -0.2) is 0 Å². The maximum absolute atomic E-state index is 5.62. The zero-order valence-corrected chi connectivity index (χ0v) is 8.85. The van der Waals surface area contributed by atoms with Crippen LogP contribution >= 0.6 is 0 Å². The highest BCUT2D eigenvalue weighted by Crippen LogP contribution is 2.07. The van der Waals surface area contributed by atoms with Crippen molar-refractivity contribution in [3.8, 4) is 0 Å². The minimum atomic E-state index is 0.814. The lowest BCUT2D eigenvalue weighted by Crippen LogP contribution is -2.01. The first-order valence-corrected chi connectivity index (χ1v) is 5.07. The fourth-order valence-corrected chi connectivity index (χ4v) is 1.52. The highest BCUT2D eigenvalue weighted by atomic mass is 15.3. The van der Waals surface area contributed by atoms with Crippen molar-refractivity contribution < 1.29 is 0 Å². The Kier molecular flexibility index (Phi) is 2.72. The van der Waals surface area contributed by atoms with Crippen molar-refractivity contribution in [3.05, 3.63) is 47.8 Å². The van der Waals surface area contributed by atoms with Gasteiger partial charge in [0, 0.05) is 18.4 Å². The molecule has 0 atom stereocenters. The van der Waals surface area contributed by atoms with Gasteiger partial charge < -0.3 is 5.73 Å². The van der Waals surface area contributed by atoms with Crippen LogP contribution in [0.25, 0.3) is 0 Å². The van der Waals surface area contributed by atoms with Crippen LogP contribution in [-0.4, -0.2) is 9.78 Å². The predicted octanol–water partition coefficient (Wildman–Crippen LogP) is 2.02. The Labute approximate surface area is 89.5 Å². The number of nitrogen functional groups attached to an aromatic ring is 1. The summed E-state index contributed by atoms with van der Waals surface area (Å²) < 4.78 is 1.96. The molecule has 78 valence electrons. The van der Waals surface area contributed by atoms with Gasteiger partial charge in [0.05, 0.1) is 6.20 Å². The highest BCUT2D eigenvalue weighted by Gasteiger charge is 1.96. The van der Waals surface area contributed by atoms with Gasteiger partial charge in [0.25, 0.3) is 0 Å². The van der Waals surface area contributed by atoms with Crippen LogP contribution in [0, 0.1) is 6.92 Å². The van der Waals surface area contributed by atoms with Crippen LogP contribution in [0.3, 0.4) is 0 Å². The molecule has 0 aliphatic rings. The van der Waals surface area contributed by atoms with E-state index in [0.29, 0.717) is 0 Å². The monoisotopic (exact) mass is 201 g/mol. The molecular formula is C12H15N3. The summed E-state index contributed by atoms with van der Waals surface area (Å²) >= 11 is 0. The van der Waals surface area contributed by atoms with Crippen molar-refractivity contribution in [2.24, 2.45) is 0 Å². The SMILES string of the molecule is Cc1cnn(CCc2ccc(N)cc2)c1. The standard InChI is InChI=1S/C12H15N3/c1-10-8-14-15(9-10)7-6-11-2-4-12(13)5-3-11/h2-5,8-9H,6-7,13H2,1H3. The maximum atomic E-state index is 5.62. The van der Waals surface area contributed by atoms with Crippen LogP contribution in [0.4, 0.5) is 5.69 Å². The van der Waals surface area contributed by atoms with E-state index in [1.807, 2.05) is 29.9 Å². The second-order valence-corrected chi connectivity index (χ2v) is 3.77. The summed E-state index contributed by atoms with van der Waals surface area (Å²) in [5.41, 5.74) is 8.92. The molecule has 1 aromatic heterocycles. The molecule has 2 rings (SSSR count). The lowest BCUT2D eigenvalue weighted by Gasteiger charge is -2.02. The largest absolute Gasteiger partial charge is 0.399 e. The summed E-state index contributed by atoms with van der Waals surface area (Å²) in [5.74, 6) is 0. The number of nitrogens with two attached hydrogens (primary N) is 1. The van der Waals surface area contributed by atoms with Gasteiger partial charge in [-0.2, -0.15) is 5.10 Å². The lowest BCUT2D eigenvalue weighted by molar-refractivity contribution is 0.614. The lowest BCUT2D eigenvalue weighted by atomic mass is 10.1. The Hall–Kier alpha value is -1.77. The van der Waals surface area contributed by atoms with E-state index in [1.54, 1.807) is 0 Å². The zero-order chi connectivity index (χ0) is 10.7. The van der Waals surface area contributed by atoms with E-state index in [4.69, 9.17) is 5.73 Å². The summed E-state index contributed by atoms with van der Waals surface area (Å²) in [6.45, 7) is 2.96. The van der Waals surface area contributed by atoms with Crippen LogP contribution in [0.1, 0.15) is 11.1 Å². The normalized spacial score (nSPS) is 10.5. The predicted molar refractivity (Wildman–Crippen MR) is 61.5 cm³/mol. The number of anilines is 1. The van der Waals surface area contributed by atoms with Gasteiger partial charge in [0.15, 0.2) is 0 Å². The van der Waals surface area contributed by atoms with Gasteiger partial charge in [-0.05, 0) is 36.6 Å². The molecule has 0 saturated heterocycles. The van der Waals surface area contributed by atoms with E-state index < -0.39 is 0 Å². The maximum Gasteiger partial charge on any atom is 0.0518 e. The molecule has 0 bridgehead atoms. The topological polar surface area (TPSA) is 43.8 Å². The van der Waals surface area contributed by atoms with Crippen molar-refractivity contribution in [2.45, 2.75) is 19.9 Å². The molecule has 0 amide bonds. The minimum absolute atomic E-state index is 0.814. The van der Waals surface area contributed by atoms with E-state index >= 15 is 0 Å². The molecule has 3 nitrogen and oxygen atoms in total. The van der Waals surface area contributed by atoms with E-state index in [-0.39, 0.29) is 0 Å². The van der Waals surface area contributed by atoms with Gasteiger partial charge >= 0.3 is 0 Å². The molecular weight excluding hydrogens is 186 g/mol. The molecule has 0 radical (unpaired) electrons. The third-order valence-electron chi connectivity index (χ3n) is 2.37. The molecule has 0 spiro atoms. The molecule has 0 fully saturated rings. The summed E-state index contributed by atoms with van der Waals surface area (Å²) in [6.07, 6.45) is 4.92. The number of hydrogen-bond donors (Lipinski definition) is 1. The van der Waals surface area contributed by atoms with Crippen molar-refractivity contribution in [2.75, 3.05) is 5.73 Å². The van der Waals surface area contributed by atoms with Crippen molar-refractivity contribution >= 4 is 5.69 Å². The second kappa shape index (κ2) is 4.17. The van der Waals surface area contributed by atoms with Gasteiger partial charge in [-0.1, -0.05) is 12.1 Å². The summed E-state index contributed by atoms with van der Waals surface area (Å²) in [4.78, 5) is 0. The second-order valence-electron chi connectivity index (χ2n) is 3.77. The molecule has 1 aromatic carbocycles. The van der Waals surface area contributed by atoms with Crippen LogP contribution in [0.15, 0.2) is 36.7 Å². The van der Waals surface area contributed by atoms with Gasteiger partial charge in [-0.15, -0.1) is 0 Å². The van der Waals surface area contributed by atoms with E-state index in [0.717, 1.165) is 18.7 Å². The Morgan fingerprint density at radius 3 is 2.60 bits per heavy atom. The van der Waals surface area contributed by atoms with Crippen molar-refractivity contribution in [3.63, 3.8) is 0 Å². The van der Waals surface area contributed by atoms with E-state index in [2.05, 4.69) is 23.4 Å². The third kappa shape index (κ3) is 2.59. The Morgan fingerprint density at radius 1 is 1.27 bits per heavy atom. The fourth-order valence-electron chi connectivity index (χ4n) is 1.52. The highest BCUT2D eigenvalue weighted by molar-refractivity contribution is 5.39. The number of rotatable bonds is 3. The number of hydrogen-bond acceptors (Lipinski definition) is 2. The molecule has 2 N–H and O–H groups in total. The third-order valence-corrected chi connectivity index (χ3v) is 2.37. The molecule has 15 heavy (non-hydrogen) atoms. The number of aryl methyl sites for hydroxylation is 3.